The monoisotopic (exact) mass is 328 g/mol. The lowest BCUT2D eigenvalue weighted by Crippen LogP contribution is -2.31. The van der Waals surface area contributed by atoms with Crippen molar-refractivity contribution in [2.45, 2.75) is 13.3 Å². The number of hydrogen-bond acceptors (Lipinski definition) is 3. The lowest BCUT2D eigenvalue weighted by Gasteiger charge is -2.20. The Morgan fingerprint density at radius 2 is 1.96 bits per heavy atom. The summed E-state index contributed by atoms with van der Waals surface area (Å²) in [6.07, 6.45) is 0.256. The maximum atomic E-state index is 12.6. The van der Waals surface area contributed by atoms with Gasteiger partial charge in [-0.2, -0.15) is 0 Å². The topological polar surface area (TPSA) is 41.9 Å². The van der Waals surface area contributed by atoms with Crippen LogP contribution in [0.5, 0.6) is 5.75 Å². The number of benzene rings is 2. The van der Waals surface area contributed by atoms with Gasteiger partial charge in [-0.3, -0.25) is 9.79 Å². The second kappa shape index (κ2) is 6.42. The van der Waals surface area contributed by atoms with Crippen LogP contribution in [-0.4, -0.2) is 25.3 Å². The highest BCUT2D eigenvalue weighted by Crippen LogP contribution is 2.36. The summed E-state index contributed by atoms with van der Waals surface area (Å²) >= 11 is 5.94. The van der Waals surface area contributed by atoms with Crippen molar-refractivity contribution in [1.29, 1.82) is 0 Å². The average Bonchev–Trinajstić information content (AvgIpc) is 2.70. The summed E-state index contributed by atoms with van der Waals surface area (Å²) in [5.74, 6) is 0.730. The number of rotatable bonds is 3. The molecule has 0 aliphatic carbocycles. The fourth-order valence-electron chi connectivity index (χ4n) is 2.65. The van der Waals surface area contributed by atoms with E-state index in [9.17, 15) is 4.79 Å². The van der Waals surface area contributed by atoms with Gasteiger partial charge in [-0.1, -0.05) is 23.7 Å². The lowest BCUT2D eigenvalue weighted by atomic mass is 10.1. The molecule has 1 aliphatic heterocycles. The zero-order valence-electron chi connectivity index (χ0n) is 13.0. The van der Waals surface area contributed by atoms with Crippen molar-refractivity contribution in [2.24, 2.45) is 4.99 Å². The number of anilines is 1. The Morgan fingerprint density at radius 1 is 1.22 bits per heavy atom. The number of nitrogens with zero attached hydrogens (tertiary/aromatic N) is 2. The number of halogens is 1. The van der Waals surface area contributed by atoms with Crippen LogP contribution < -0.4 is 9.64 Å². The molecule has 118 valence electrons. The lowest BCUT2D eigenvalue weighted by molar-refractivity contribution is -0.117. The van der Waals surface area contributed by atoms with E-state index in [0.29, 0.717) is 17.3 Å². The first kappa shape index (κ1) is 15.6. The van der Waals surface area contributed by atoms with Gasteiger partial charge in [0.15, 0.2) is 0 Å². The molecule has 0 bridgehead atoms. The standard InChI is InChI=1S/C18H17ClN2O2/c1-3-21-17-10-14(23-2)8-9-15(17)20-16(11-18(21)22)12-4-6-13(19)7-5-12/h4-10H,3,11H2,1-2H3. The fraction of sp³-hybridized carbons (Fsp3) is 0.222. The Hall–Kier alpha value is -2.33. The Kier molecular flexibility index (Phi) is 4.35. The molecule has 0 saturated heterocycles. The van der Waals surface area contributed by atoms with Gasteiger partial charge in [0.25, 0.3) is 0 Å². The predicted molar refractivity (Wildman–Crippen MR) is 93.3 cm³/mol. The zero-order valence-corrected chi connectivity index (χ0v) is 13.8. The Bertz CT molecular complexity index is 769. The summed E-state index contributed by atoms with van der Waals surface area (Å²) < 4.78 is 5.27. The summed E-state index contributed by atoms with van der Waals surface area (Å²) in [6, 6.07) is 13.0. The second-order valence-electron chi connectivity index (χ2n) is 5.23. The van der Waals surface area contributed by atoms with E-state index in [0.717, 1.165) is 22.6 Å². The SMILES string of the molecule is CCN1C(=O)CC(c2ccc(Cl)cc2)=Nc2ccc(OC)cc21. The van der Waals surface area contributed by atoms with E-state index in [1.807, 2.05) is 37.3 Å². The van der Waals surface area contributed by atoms with E-state index < -0.39 is 0 Å². The molecule has 0 atom stereocenters. The highest BCUT2D eigenvalue weighted by molar-refractivity contribution is 6.30. The molecule has 4 nitrogen and oxygen atoms in total. The van der Waals surface area contributed by atoms with Crippen LogP contribution in [0.4, 0.5) is 11.4 Å². The Balaban J connectivity index is 2.11. The summed E-state index contributed by atoms with van der Waals surface area (Å²) in [4.78, 5) is 19.1. The molecule has 2 aromatic carbocycles. The molecule has 23 heavy (non-hydrogen) atoms. The van der Waals surface area contributed by atoms with Crippen LogP contribution in [0.1, 0.15) is 18.9 Å². The highest BCUT2D eigenvalue weighted by atomic mass is 35.5. The van der Waals surface area contributed by atoms with E-state index in [1.54, 1.807) is 24.1 Å². The number of hydrogen-bond donors (Lipinski definition) is 0. The first-order valence-electron chi connectivity index (χ1n) is 7.44. The quantitative estimate of drug-likeness (QED) is 0.846. The number of fused-ring (bicyclic) bond motifs is 1. The predicted octanol–water partition coefficient (Wildman–Crippen LogP) is 4.23. The Morgan fingerprint density at radius 3 is 2.61 bits per heavy atom. The highest BCUT2D eigenvalue weighted by Gasteiger charge is 2.24. The van der Waals surface area contributed by atoms with E-state index in [1.165, 1.54) is 0 Å². The van der Waals surface area contributed by atoms with Crippen LogP contribution in [0.2, 0.25) is 5.02 Å². The number of methoxy groups -OCH3 is 1. The number of ether oxygens (including phenoxy) is 1. The summed E-state index contributed by atoms with van der Waals surface area (Å²) in [7, 11) is 1.61. The van der Waals surface area contributed by atoms with Crippen LogP contribution in [0, 0.1) is 0 Å². The molecule has 1 amide bonds. The van der Waals surface area contributed by atoms with E-state index in [2.05, 4.69) is 0 Å². The molecule has 2 aromatic rings. The van der Waals surface area contributed by atoms with Crippen molar-refractivity contribution in [3.8, 4) is 5.75 Å². The number of carbonyl (C=O) groups excluding carboxylic acids is 1. The molecule has 0 radical (unpaired) electrons. The van der Waals surface area contributed by atoms with Gasteiger partial charge < -0.3 is 9.64 Å². The van der Waals surface area contributed by atoms with Gasteiger partial charge in [-0.05, 0) is 36.8 Å². The normalized spacial score (nSPS) is 14.1. The smallest absolute Gasteiger partial charge is 0.233 e. The minimum absolute atomic E-state index is 0.0215. The number of carbonyl (C=O) groups is 1. The van der Waals surface area contributed by atoms with Crippen molar-refractivity contribution in [3.63, 3.8) is 0 Å². The summed E-state index contributed by atoms with van der Waals surface area (Å²) in [6.45, 7) is 2.54. The van der Waals surface area contributed by atoms with E-state index in [-0.39, 0.29) is 12.3 Å². The third kappa shape index (κ3) is 3.08. The molecular formula is C18H17ClN2O2. The van der Waals surface area contributed by atoms with E-state index in [4.69, 9.17) is 21.3 Å². The summed E-state index contributed by atoms with van der Waals surface area (Å²) in [5, 5.41) is 0.662. The molecule has 0 spiro atoms. The third-order valence-electron chi connectivity index (χ3n) is 3.84. The van der Waals surface area contributed by atoms with Gasteiger partial charge >= 0.3 is 0 Å². The Labute approximate surface area is 140 Å². The number of aliphatic imine (C=N–C) groups is 1. The maximum Gasteiger partial charge on any atom is 0.233 e. The van der Waals surface area contributed by atoms with Gasteiger partial charge in [-0.25, -0.2) is 0 Å². The van der Waals surface area contributed by atoms with Crippen LogP contribution in [-0.2, 0) is 4.79 Å². The first-order chi connectivity index (χ1) is 11.1. The van der Waals surface area contributed by atoms with Crippen molar-refractivity contribution in [1.82, 2.24) is 0 Å². The third-order valence-corrected chi connectivity index (χ3v) is 4.09. The molecule has 5 heteroatoms. The molecule has 0 saturated carbocycles. The van der Waals surface area contributed by atoms with Gasteiger partial charge in [0.1, 0.15) is 5.75 Å². The second-order valence-corrected chi connectivity index (χ2v) is 5.67. The minimum atomic E-state index is 0.0215. The van der Waals surface area contributed by atoms with Crippen LogP contribution in [0.25, 0.3) is 0 Å². The average molecular weight is 329 g/mol. The first-order valence-corrected chi connectivity index (χ1v) is 7.82. The van der Waals surface area contributed by atoms with Crippen LogP contribution in [0.3, 0.4) is 0 Å². The molecule has 0 aromatic heterocycles. The van der Waals surface area contributed by atoms with Crippen molar-refractivity contribution in [3.05, 3.63) is 53.1 Å². The molecule has 1 aliphatic rings. The largest absolute Gasteiger partial charge is 0.497 e. The van der Waals surface area contributed by atoms with Gasteiger partial charge in [0.2, 0.25) is 5.91 Å². The van der Waals surface area contributed by atoms with E-state index >= 15 is 0 Å². The van der Waals surface area contributed by atoms with Crippen molar-refractivity contribution >= 4 is 34.6 Å². The molecular weight excluding hydrogens is 312 g/mol. The number of amides is 1. The van der Waals surface area contributed by atoms with Gasteiger partial charge in [0, 0.05) is 17.6 Å². The molecule has 3 rings (SSSR count). The van der Waals surface area contributed by atoms with Crippen molar-refractivity contribution in [2.75, 3.05) is 18.6 Å². The molecule has 0 fully saturated rings. The van der Waals surface area contributed by atoms with Gasteiger partial charge in [-0.15, -0.1) is 0 Å². The summed E-state index contributed by atoms with van der Waals surface area (Å²) in [5.41, 5.74) is 3.20. The molecule has 0 unspecified atom stereocenters. The van der Waals surface area contributed by atoms with Crippen LogP contribution in [0.15, 0.2) is 47.5 Å². The maximum absolute atomic E-state index is 12.6. The molecule has 0 N–H and O–H groups in total. The van der Waals surface area contributed by atoms with Gasteiger partial charge in [0.05, 0.1) is 30.6 Å². The molecule has 1 heterocycles. The van der Waals surface area contributed by atoms with Crippen LogP contribution >= 0.6 is 11.6 Å². The fourth-order valence-corrected chi connectivity index (χ4v) is 2.78. The minimum Gasteiger partial charge on any atom is -0.497 e. The van der Waals surface area contributed by atoms with Crippen molar-refractivity contribution < 1.29 is 9.53 Å². The zero-order chi connectivity index (χ0) is 16.4.